The van der Waals surface area contributed by atoms with Crippen LogP contribution in [0.5, 0.6) is 0 Å². The summed E-state index contributed by atoms with van der Waals surface area (Å²) in [5, 5.41) is 1.29. The fourth-order valence-corrected chi connectivity index (χ4v) is 3.88. The van der Waals surface area contributed by atoms with E-state index in [-0.39, 0.29) is 5.78 Å². The number of aryl methyl sites for hydroxylation is 1. The number of rotatable bonds is 7. The first-order chi connectivity index (χ1) is 16.3. The predicted octanol–water partition coefficient (Wildman–Crippen LogP) is 7.77. The van der Waals surface area contributed by atoms with Crippen LogP contribution in [0.4, 0.5) is 0 Å². The molecule has 6 heteroatoms. The minimum Gasteiger partial charge on any atom is -0.333 e. The first-order valence-corrected chi connectivity index (χ1v) is 12.2. The number of carbonyl (C=O) groups is 1. The Bertz CT molecular complexity index is 1260. The number of halogens is 1. The van der Waals surface area contributed by atoms with E-state index in [0.717, 1.165) is 56.7 Å². The van der Waals surface area contributed by atoms with Gasteiger partial charge in [-0.15, -0.1) is 0 Å². The van der Waals surface area contributed by atoms with Gasteiger partial charge in [-0.3, -0.25) is 4.79 Å². The Kier molecular flexibility index (Phi) is 9.94. The van der Waals surface area contributed by atoms with Crippen LogP contribution < -0.4 is 0 Å². The van der Waals surface area contributed by atoms with Crippen LogP contribution in [-0.2, 0) is 11.8 Å². The molecule has 3 rings (SSSR count). The Morgan fingerprint density at radius 1 is 1.12 bits per heavy atom. The van der Waals surface area contributed by atoms with E-state index in [1.54, 1.807) is 18.5 Å². The van der Waals surface area contributed by atoms with E-state index in [9.17, 15) is 4.79 Å². The van der Waals surface area contributed by atoms with Gasteiger partial charge in [-0.25, -0.2) is 15.0 Å². The van der Waals surface area contributed by atoms with Gasteiger partial charge in [0.1, 0.15) is 10.8 Å². The molecule has 0 unspecified atom stereocenters. The SMILES string of the molecule is CC.C\C=C(/C(C)=C\C(C(=O)CC)=C(/C)CC)c1cc2cnc(Cl)cc2nc1-c1nccn1C. The van der Waals surface area contributed by atoms with Crippen molar-refractivity contribution in [1.29, 1.82) is 0 Å². The maximum atomic E-state index is 12.6. The second-order valence-electron chi connectivity index (χ2n) is 7.80. The normalized spacial score (nSPS) is 12.9. The summed E-state index contributed by atoms with van der Waals surface area (Å²) in [5.74, 6) is 0.908. The van der Waals surface area contributed by atoms with Crippen molar-refractivity contribution in [3.8, 4) is 11.5 Å². The van der Waals surface area contributed by atoms with Crippen LogP contribution in [0.3, 0.4) is 0 Å². The number of pyridine rings is 2. The van der Waals surface area contributed by atoms with Gasteiger partial charge >= 0.3 is 0 Å². The van der Waals surface area contributed by atoms with Crippen LogP contribution in [0.15, 0.2) is 59.6 Å². The molecule has 0 bridgehead atoms. The number of aromatic nitrogens is 4. The summed E-state index contributed by atoms with van der Waals surface area (Å²) in [4.78, 5) is 26.3. The molecule has 0 saturated carbocycles. The summed E-state index contributed by atoms with van der Waals surface area (Å²) in [7, 11) is 1.95. The van der Waals surface area contributed by atoms with Gasteiger partial charge in [-0.1, -0.05) is 50.9 Å². The van der Waals surface area contributed by atoms with Crippen molar-refractivity contribution in [3.05, 3.63) is 70.3 Å². The van der Waals surface area contributed by atoms with E-state index in [4.69, 9.17) is 16.6 Å². The molecule has 0 N–H and O–H groups in total. The van der Waals surface area contributed by atoms with Gasteiger partial charge in [-0.2, -0.15) is 0 Å². The molecule has 0 radical (unpaired) electrons. The number of allylic oxidation sites excluding steroid dienone is 6. The van der Waals surface area contributed by atoms with E-state index >= 15 is 0 Å². The fraction of sp³-hybridized carbons (Fsp3) is 0.357. The topological polar surface area (TPSA) is 60.7 Å². The predicted molar refractivity (Wildman–Crippen MR) is 144 cm³/mol. The van der Waals surface area contributed by atoms with E-state index in [1.165, 1.54) is 0 Å². The van der Waals surface area contributed by atoms with Crippen molar-refractivity contribution in [2.75, 3.05) is 0 Å². The molecule has 0 fully saturated rings. The Labute approximate surface area is 208 Å². The second-order valence-corrected chi connectivity index (χ2v) is 8.19. The van der Waals surface area contributed by atoms with Crippen LogP contribution in [-0.4, -0.2) is 25.3 Å². The molecule has 3 aromatic rings. The summed E-state index contributed by atoms with van der Waals surface area (Å²) in [6.07, 6.45) is 10.8. The Morgan fingerprint density at radius 2 is 1.82 bits per heavy atom. The Balaban J connectivity index is 0.00000199. The van der Waals surface area contributed by atoms with Crippen molar-refractivity contribution < 1.29 is 4.79 Å². The van der Waals surface area contributed by atoms with Gasteiger partial charge < -0.3 is 4.57 Å². The van der Waals surface area contributed by atoms with Crippen LogP contribution in [0, 0.1) is 0 Å². The van der Waals surface area contributed by atoms with Crippen LogP contribution in [0.25, 0.3) is 28.0 Å². The molecule has 0 amide bonds. The smallest absolute Gasteiger partial charge is 0.162 e. The zero-order chi connectivity index (χ0) is 25.4. The first-order valence-electron chi connectivity index (χ1n) is 11.8. The molecule has 0 saturated heterocycles. The molecular weight excluding hydrogens is 444 g/mol. The van der Waals surface area contributed by atoms with Gasteiger partial charge in [0.05, 0.1) is 5.52 Å². The Morgan fingerprint density at radius 3 is 2.38 bits per heavy atom. The molecule has 3 heterocycles. The quantitative estimate of drug-likeness (QED) is 0.198. The minimum absolute atomic E-state index is 0.152. The molecule has 0 aliphatic heterocycles. The molecule has 0 aliphatic carbocycles. The lowest BCUT2D eigenvalue weighted by Gasteiger charge is -2.16. The van der Waals surface area contributed by atoms with Gasteiger partial charge in [0.25, 0.3) is 0 Å². The molecule has 34 heavy (non-hydrogen) atoms. The molecule has 0 aromatic carbocycles. The zero-order valence-corrected chi connectivity index (χ0v) is 22.3. The van der Waals surface area contributed by atoms with Gasteiger partial charge in [-0.05, 0) is 50.5 Å². The zero-order valence-electron chi connectivity index (χ0n) is 21.5. The average Bonchev–Trinajstić information content (AvgIpc) is 3.28. The van der Waals surface area contributed by atoms with Gasteiger partial charge in [0.2, 0.25) is 0 Å². The van der Waals surface area contributed by atoms with Crippen LogP contribution in [0.2, 0.25) is 5.15 Å². The van der Waals surface area contributed by atoms with Crippen molar-refractivity contribution in [2.24, 2.45) is 7.05 Å². The summed E-state index contributed by atoms with van der Waals surface area (Å²) >= 11 is 6.12. The number of imidazole rings is 1. The van der Waals surface area contributed by atoms with Crippen molar-refractivity contribution in [2.45, 2.75) is 61.3 Å². The second kappa shape index (κ2) is 12.4. The maximum absolute atomic E-state index is 12.6. The average molecular weight is 479 g/mol. The molecule has 0 atom stereocenters. The minimum atomic E-state index is 0.152. The van der Waals surface area contributed by atoms with Crippen LogP contribution >= 0.6 is 11.6 Å². The van der Waals surface area contributed by atoms with E-state index < -0.39 is 0 Å². The molecule has 0 spiro atoms. The maximum Gasteiger partial charge on any atom is 0.162 e. The number of Topliss-reactive ketones (excluding diaryl/α,β-unsaturated/α-hetero) is 1. The fourth-order valence-electron chi connectivity index (χ4n) is 3.73. The highest BCUT2D eigenvalue weighted by Gasteiger charge is 2.18. The molecule has 5 nitrogen and oxygen atoms in total. The molecular formula is C28H35ClN4O. The largest absolute Gasteiger partial charge is 0.333 e. The number of ketones is 1. The summed E-state index contributed by atoms with van der Waals surface area (Å²) in [6, 6.07) is 3.83. The van der Waals surface area contributed by atoms with Gasteiger partial charge in [0, 0.05) is 54.6 Å². The number of fused-ring (bicyclic) bond motifs is 1. The summed E-state index contributed by atoms with van der Waals surface area (Å²) in [6.45, 7) is 14.0. The standard InChI is InChI=1S/C26H29ClN4O.C2H6/c1-7-16(4)20(23(32)9-3)12-17(5)19(8-2)21-13-18-15-29-24(27)14-22(18)30-25(21)26-28-10-11-31(26)6;1-2/h8,10-15H,7,9H2,1-6H3;1-2H3/b17-12-,19-8+,20-16-;. The number of nitrogens with zero attached hydrogens (tertiary/aromatic N) is 4. The van der Waals surface area contributed by atoms with E-state index in [0.29, 0.717) is 11.6 Å². The highest BCUT2D eigenvalue weighted by Crippen LogP contribution is 2.34. The highest BCUT2D eigenvalue weighted by molar-refractivity contribution is 6.30. The van der Waals surface area contributed by atoms with E-state index in [2.05, 4.69) is 29.0 Å². The van der Waals surface area contributed by atoms with Crippen molar-refractivity contribution in [1.82, 2.24) is 19.5 Å². The lowest BCUT2D eigenvalue weighted by molar-refractivity contribution is -0.115. The lowest BCUT2D eigenvalue weighted by atomic mass is 9.92. The third kappa shape index (κ3) is 5.89. The van der Waals surface area contributed by atoms with Crippen molar-refractivity contribution in [3.63, 3.8) is 0 Å². The van der Waals surface area contributed by atoms with Gasteiger partial charge in [0.15, 0.2) is 11.6 Å². The summed E-state index contributed by atoms with van der Waals surface area (Å²) < 4.78 is 1.94. The summed E-state index contributed by atoms with van der Waals surface area (Å²) in [5.41, 5.74) is 6.32. The number of carbonyl (C=O) groups excluding carboxylic acids is 1. The third-order valence-corrected chi connectivity index (χ3v) is 5.88. The number of hydrogen-bond acceptors (Lipinski definition) is 4. The molecule has 0 aliphatic rings. The Hall–Kier alpha value is -3.05. The molecule has 180 valence electrons. The lowest BCUT2D eigenvalue weighted by Crippen LogP contribution is -2.04. The monoisotopic (exact) mass is 478 g/mol. The van der Waals surface area contributed by atoms with Crippen LogP contribution in [0.1, 0.15) is 66.9 Å². The van der Waals surface area contributed by atoms with Crippen molar-refractivity contribution >= 4 is 33.9 Å². The molecule has 3 aromatic heterocycles. The first kappa shape index (κ1) is 27.2. The number of hydrogen-bond donors (Lipinski definition) is 0. The van der Waals surface area contributed by atoms with E-state index in [1.807, 2.05) is 65.4 Å². The third-order valence-electron chi connectivity index (χ3n) is 5.67. The highest BCUT2D eigenvalue weighted by atomic mass is 35.5.